The number of ether oxygens (including phenoxy) is 6. The zero-order valence-electron chi connectivity index (χ0n) is 27.3. The molecular weight excluding hydrogens is 564 g/mol. The zero-order valence-corrected chi connectivity index (χ0v) is 27.3. The van der Waals surface area contributed by atoms with E-state index >= 15 is 0 Å². The molecule has 0 saturated heterocycles. The minimum atomic E-state index is -0.522. The highest BCUT2D eigenvalue weighted by atomic mass is 16.6. The molecule has 0 heterocycles. The van der Waals surface area contributed by atoms with E-state index < -0.39 is 24.1 Å². The molecule has 10 nitrogen and oxygen atoms in total. The van der Waals surface area contributed by atoms with Crippen molar-refractivity contribution < 1.29 is 38.0 Å². The summed E-state index contributed by atoms with van der Waals surface area (Å²) in [6.45, 7) is 10.6. The molecule has 2 aromatic rings. The fraction of sp³-hybridized carbons (Fsp3) is 0.588. The Morgan fingerprint density at radius 3 is 1.30 bits per heavy atom. The van der Waals surface area contributed by atoms with E-state index in [4.69, 9.17) is 28.4 Å². The van der Waals surface area contributed by atoms with Crippen LogP contribution in [0.15, 0.2) is 48.5 Å². The molecule has 0 spiro atoms. The fourth-order valence-corrected chi connectivity index (χ4v) is 4.02. The normalized spacial score (nSPS) is 12.6. The maximum Gasteiger partial charge on any atom is 0.306 e. The van der Waals surface area contributed by atoms with Gasteiger partial charge in [-0.3, -0.25) is 9.59 Å². The van der Waals surface area contributed by atoms with Crippen LogP contribution in [0.4, 0.5) is 0 Å². The van der Waals surface area contributed by atoms with Gasteiger partial charge in [0.2, 0.25) is 0 Å². The highest BCUT2D eigenvalue weighted by Crippen LogP contribution is 2.15. The van der Waals surface area contributed by atoms with E-state index in [9.17, 15) is 9.59 Å². The summed E-state index contributed by atoms with van der Waals surface area (Å²) < 4.78 is 33.4. The van der Waals surface area contributed by atoms with Crippen molar-refractivity contribution in [2.45, 2.75) is 77.7 Å². The Labute approximate surface area is 263 Å². The second-order valence-corrected chi connectivity index (χ2v) is 11.2. The van der Waals surface area contributed by atoms with E-state index in [2.05, 4.69) is 10.6 Å². The van der Waals surface area contributed by atoms with Crippen LogP contribution in [0.2, 0.25) is 0 Å². The lowest BCUT2D eigenvalue weighted by Gasteiger charge is -2.21. The number of rotatable bonds is 23. The molecule has 246 valence electrons. The van der Waals surface area contributed by atoms with Gasteiger partial charge in [-0.05, 0) is 48.2 Å². The molecule has 0 aliphatic rings. The molecular formula is C34H52N2O8. The molecule has 0 amide bonds. The van der Waals surface area contributed by atoms with Gasteiger partial charge < -0.3 is 39.1 Å². The first-order valence-electron chi connectivity index (χ1n) is 15.5. The van der Waals surface area contributed by atoms with Crippen molar-refractivity contribution in [1.82, 2.24) is 10.6 Å². The first-order valence-corrected chi connectivity index (χ1v) is 15.5. The van der Waals surface area contributed by atoms with Crippen molar-refractivity contribution in [3.8, 4) is 11.5 Å². The minimum absolute atomic E-state index is 0.0979. The number of methoxy groups -OCH3 is 2. The van der Waals surface area contributed by atoms with Crippen molar-refractivity contribution in [2.75, 3.05) is 53.7 Å². The van der Waals surface area contributed by atoms with E-state index in [-0.39, 0.29) is 38.1 Å². The zero-order chi connectivity index (χ0) is 32.2. The molecule has 2 aromatic carbocycles. The van der Waals surface area contributed by atoms with Crippen LogP contribution in [0, 0.1) is 0 Å². The molecule has 0 bridgehead atoms. The first-order chi connectivity index (χ1) is 21.2. The quantitative estimate of drug-likeness (QED) is 0.177. The number of carbonyl (C=O) groups excluding carboxylic acids is 2. The highest BCUT2D eigenvalue weighted by Gasteiger charge is 2.20. The summed E-state index contributed by atoms with van der Waals surface area (Å²) >= 11 is 0. The van der Waals surface area contributed by atoms with Crippen LogP contribution in [0.25, 0.3) is 0 Å². The van der Waals surface area contributed by atoms with E-state index in [1.165, 1.54) is 0 Å². The molecule has 0 fully saturated rings. The SMILES string of the molecule is COCCc1ccc(OCC(CNC(C)C)OC(=O)CCC(=O)OC(CNC(C)C)COc2ccc(CCOC)cc2)cc1. The monoisotopic (exact) mass is 616 g/mol. The Hall–Kier alpha value is -3.18. The fourth-order valence-electron chi connectivity index (χ4n) is 4.02. The predicted octanol–water partition coefficient (Wildman–Crippen LogP) is 4.12. The largest absolute Gasteiger partial charge is 0.490 e. The highest BCUT2D eigenvalue weighted by molar-refractivity contribution is 5.77. The van der Waals surface area contributed by atoms with Gasteiger partial charge in [-0.15, -0.1) is 0 Å². The summed E-state index contributed by atoms with van der Waals surface area (Å²) in [7, 11) is 3.36. The number of esters is 2. The molecule has 2 atom stereocenters. The Bertz CT molecular complexity index is 974. The van der Waals surface area contributed by atoms with Crippen molar-refractivity contribution >= 4 is 11.9 Å². The van der Waals surface area contributed by atoms with Crippen LogP contribution in [-0.4, -0.2) is 90.0 Å². The van der Waals surface area contributed by atoms with Gasteiger partial charge in [0.15, 0.2) is 0 Å². The standard InChI is InChI=1S/C34H52N2O8/c1-25(2)35-21-31(23-41-29-11-7-27(8-12-29)17-19-39-5)43-33(37)15-16-34(38)44-32(22-36-26(3)4)24-42-30-13-9-28(10-14-30)18-20-40-6/h7-14,25-26,31-32,35-36H,15-24H2,1-6H3. The number of carbonyl (C=O) groups is 2. The van der Waals surface area contributed by atoms with Crippen LogP contribution in [0.3, 0.4) is 0 Å². The molecule has 0 radical (unpaired) electrons. The van der Waals surface area contributed by atoms with Gasteiger partial charge in [0, 0.05) is 39.4 Å². The lowest BCUT2D eigenvalue weighted by Crippen LogP contribution is -2.39. The van der Waals surface area contributed by atoms with Crippen LogP contribution in [-0.2, 0) is 41.4 Å². The summed E-state index contributed by atoms with van der Waals surface area (Å²) in [5.74, 6) is 0.395. The van der Waals surface area contributed by atoms with Crippen molar-refractivity contribution in [3.63, 3.8) is 0 Å². The van der Waals surface area contributed by atoms with E-state index in [1.54, 1.807) is 14.2 Å². The van der Waals surface area contributed by atoms with Crippen LogP contribution in [0.1, 0.15) is 51.7 Å². The van der Waals surface area contributed by atoms with E-state index in [0.29, 0.717) is 37.8 Å². The molecule has 2 N–H and O–H groups in total. The maximum atomic E-state index is 12.7. The molecule has 0 aliphatic carbocycles. The number of nitrogens with one attached hydrogen (secondary N) is 2. The second kappa shape index (κ2) is 21.5. The summed E-state index contributed by atoms with van der Waals surface area (Å²) in [5.41, 5.74) is 2.30. The third-order valence-corrected chi connectivity index (χ3v) is 6.55. The average Bonchev–Trinajstić information content (AvgIpc) is 3.01. The summed E-state index contributed by atoms with van der Waals surface area (Å²) in [6, 6.07) is 15.9. The Balaban J connectivity index is 1.85. The smallest absolute Gasteiger partial charge is 0.306 e. The van der Waals surface area contributed by atoms with E-state index in [1.807, 2.05) is 76.2 Å². The molecule has 0 saturated carbocycles. The number of benzene rings is 2. The summed E-state index contributed by atoms with van der Waals surface area (Å²) in [6.07, 6.45) is 0.406. The van der Waals surface area contributed by atoms with Crippen LogP contribution >= 0.6 is 0 Å². The third-order valence-electron chi connectivity index (χ3n) is 6.55. The van der Waals surface area contributed by atoms with E-state index in [0.717, 1.165) is 24.0 Å². The molecule has 10 heteroatoms. The number of hydrogen-bond acceptors (Lipinski definition) is 10. The predicted molar refractivity (Wildman–Crippen MR) is 170 cm³/mol. The summed E-state index contributed by atoms with van der Waals surface area (Å²) in [5, 5.41) is 6.57. The van der Waals surface area contributed by atoms with Crippen LogP contribution < -0.4 is 20.1 Å². The topological polar surface area (TPSA) is 114 Å². The van der Waals surface area contributed by atoms with Crippen molar-refractivity contribution in [2.24, 2.45) is 0 Å². The lowest BCUT2D eigenvalue weighted by molar-refractivity contribution is -0.157. The Morgan fingerprint density at radius 2 is 0.977 bits per heavy atom. The van der Waals surface area contributed by atoms with Gasteiger partial charge in [-0.25, -0.2) is 0 Å². The van der Waals surface area contributed by atoms with Gasteiger partial charge in [0.05, 0.1) is 26.1 Å². The van der Waals surface area contributed by atoms with Gasteiger partial charge in [-0.2, -0.15) is 0 Å². The average molecular weight is 617 g/mol. The van der Waals surface area contributed by atoms with Crippen molar-refractivity contribution in [1.29, 1.82) is 0 Å². The Morgan fingerprint density at radius 1 is 0.614 bits per heavy atom. The summed E-state index contributed by atoms with van der Waals surface area (Å²) in [4.78, 5) is 25.4. The maximum absolute atomic E-state index is 12.7. The molecule has 0 aromatic heterocycles. The van der Waals surface area contributed by atoms with Crippen LogP contribution in [0.5, 0.6) is 11.5 Å². The minimum Gasteiger partial charge on any atom is -0.490 e. The number of hydrogen-bond donors (Lipinski definition) is 2. The molecule has 2 rings (SSSR count). The molecule has 0 aliphatic heterocycles. The first kappa shape index (κ1) is 37.0. The molecule has 2 unspecified atom stereocenters. The van der Waals surface area contributed by atoms with Gasteiger partial charge in [-0.1, -0.05) is 52.0 Å². The lowest BCUT2D eigenvalue weighted by atomic mass is 10.1. The Kier molecular flexibility index (Phi) is 18.1. The second-order valence-electron chi connectivity index (χ2n) is 11.2. The van der Waals surface area contributed by atoms with Gasteiger partial charge in [0.25, 0.3) is 0 Å². The molecule has 44 heavy (non-hydrogen) atoms. The third kappa shape index (κ3) is 16.6. The van der Waals surface area contributed by atoms with Gasteiger partial charge >= 0.3 is 11.9 Å². The van der Waals surface area contributed by atoms with Gasteiger partial charge in [0.1, 0.15) is 36.9 Å². The van der Waals surface area contributed by atoms with Crippen molar-refractivity contribution in [3.05, 3.63) is 59.7 Å².